The van der Waals surface area contributed by atoms with Crippen molar-refractivity contribution in [2.75, 3.05) is 4.90 Å². The van der Waals surface area contributed by atoms with Gasteiger partial charge in [-0.15, -0.1) is 0 Å². The second kappa shape index (κ2) is 7.42. The van der Waals surface area contributed by atoms with Crippen LogP contribution in [0.5, 0.6) is 0 Å². The van der Waals surface area contributed by atoms with Gasteiger partial charge in [-0.05, 0) is 36.4 Å². The van der Waals surface area contributed by atoms with Gasteiger partial charge in [0, 0.05) is 12.8 Å². The predicted molar refractivity (Wildman–Crippen MR) is 98.3 cm³/mol. The van der Waals surface area contributed by atoms with Crippen LogP contribution in [0.1, 0.15) is 35.6 Å². The minimum Gasteiger partial charge on any atom is -0.454 e. The maximum absolute atomic E-state index is 13.4. The summed E-state index contributed by atoms with van der Waals surface area (Å²) in [7, 11) is 0. The summed E-state index contributed by atoms with van der Waals surface area (Å²) < 4.78 is 32.7. The van der Waals surface area contributed by atoms with Gasteiger partial charge in [0.05, 0.1) is 22.3 Å². The third kappa shape index (κ3) is 3.46. The molecule has 1 aliphatic rings. The van der Waals surface area contributed by atoms with Crippen LogP contribution in [0.25, 0.3) is 11.0 Å². The number of carbonyl (C=O) groups excluding carboxylic acids is 3. The number of nitrogens with zero attached hydrogens (tertiary/aromatic N) is 3. The van der Waals surface area contributed by atoms with E-state index >= 15 is 0 Å². The van der Waals surface area contributed by atoms with Crippen LogP contribution in [-0.2, 0) is 20.9 Å². The van der Waals surface area contributed by atoms with Crippen LogP contribution in [0.3, 0.4) is 0 Å². The molecule has 1 saturated heterocycles. The molecule has 2 heterocycles. The highest BCUT2D eigenvalue weighted by atomic mass is 19.3. The van der Waals surface area contributed by atoms with Crippen LogP contribution < -0.4 is 4.90 Å². The minimum atomic E-state index is -2.83. The molecular formula is C20H15F2N3O4. The number of hydrogen-bond acceptors (Lipinski definition) is 5. The van der Waals surface area contributed by atoms with Gasteiger partial charge in [-0.3, -0.25) is 19.1 Å². The molecule has 1 aliphatic heterocycles. The van der Waals surface area contributed by atoms with Gasteiger partial charge in [-0.1, -0.05) is 12.1 Å². The number of imide groups is 1. The summed E-state index contributed by atoms with van der Waals surface area (Å²) in [4.78, 5) is 41.0. The highest BCUT2D eigenvalue weighted by Crippen LogP contribution is 2.25. The number of hydrogen-bond donors (Lipinski definition) is 0. The van der Waals surface area contributed by atoms with Gasteiger partial charge >= 0.3 is 12.5 Å². The van der Waals surface area contributed by atoms with Gasteiger partial charge in [-0.25, -0.2) is 9.78 Å². The molecular weight excluding hydrogens is 384 g/mol. The van der Waals surface area contributed by atoms with Crippen LogP contribution in [0.15, 0.2) is 48.5 Å². The first-order valence-corrected chi connectivity index (χ1v) is 8.82. The Balaban J connectivity index is 1.49. The Hall–Kier alpha value is -3.62. The number of carbonyl (C=O) groups is 3. The van der Waals surface area contributed by atoms with Crippen molar-refractivity contribution in [1.82, 2.24) is 9.55 Å². The number of amides is 2. The number of para-hydroxylation sites is 2. The average Bonchev–Trinajstić information content (AvgIpc) is 3.25. The first-order valence-electron chi connectivity index (χ1n) is 8.82. The maximum atomic E-state index is 13.4. The summed E-state index contributed by atoms with van der Waals surface area (Å²) in [6.45, 7) is -3.26. The standard InChI is InChI=1S/C20H15F2N3O4/c21-20(22)25-15-4-2-1-3-14(15)23-16(25)11-29-19(28)12-5-7-13(8-6-12)24-17(26)9-10-18(24)27/h1-8,20H,9-11H2. The smallest absolute Gasteiger partial charge is 0.338 e. The van der Waals surface area contributed by atoms with Gasteiger partial charge < -0.3 is 4.74 Å². The molecule has 3 aromatic rings. The monoisotopic (exact) mass is 399 g/mol. The van der Waals surface area contributed by atoms with E-state index in [-0.39, 0.29) is 41.6 Å². The largest absolute Gasteiger partial charge is 0.454 e. The van der Waals surface area contributed by atoms with Crippen molar-refractivity contribution in [3.05, 3.63) is 59.9 Å². The summed E-state index contributed by atoms with van der Waals surface area (Å²) >= 11 is 0. The van der Waals surface area contributed by atoms with Crippen molar-refractivity contribution in [1.29, 1.82) is 0 Å². The van der Waals surface area contributed by atoms with E-state index in [9.17, 15) is 23.2 Å². The topological polar surface area (TPSA) is 81.5 Å². The number of halogens is 2. The van der Waals surface area contributed by atoms with Crippen LogP contribution in [0, 0.1) is 0 Å². The summed E-state index contributed by atoms with van der Waals surface area (Å²) in [5.41, 5.74) is 1.15. The van der Waals surface area contributed by atoms with Gasteiger partial charge in [0.1, 0.15) is 6.61 Å². The number of imidazole rings is 1. The fourth-order valence-electron chi connectivity index (χ4n) is 3.24. The molecule has 2 aromatic carbocycles. The molecule has 29 heavy (non-hydrogen) atoms. The molecule has 9 heteroatoms. The number of esters is 1. The molecule has 1 aromatic heterocycles. The Morgan fingerprint density at radius 1 is 1.03 bits per heavy atom. The second-order valence-corrected chi connectivity index (χ2v) is 6.41. The summed E-state index contributed by atoms with van der Waals surface area (Å²) in [5, 5.41) is 0. The van der Waals surface area contributed by atoms with Crippen molar-refractivity contribution >= 4 is 34.5 Å². The van der Waals surface area contributed by atoms with Gasteiger partial charge in [0.2, 0.25) is 11.8 Å². The molecule has 4 rings (SSSR count). The molecule has 0 saturated carbocycles. The Kier molecular flexibility index (Phi) is 4.79. The number of anilines is 1. The van der Waals surface area contributed by atoms with Crippen molar-refractivity contribution < 1.29 is 27.9 Å². The van der Waals surface area contributed by atoms with E-state index in [1.807, 2.05) is 0 Å². The van der Waals surface area contributed by atoms with E-state index in [0.717, 1.165) is 9.47 Å². The molecule has 7 nitrogen and oxygen atoms in total. The van der Waals surface area contributed by atoms with E-state index < -0.39 is 19.1 Å². The third-order valence-corrected chi connectivity index (χ3v) is 4.61. The SMILES string of the molecule is O=C(OCc1nc2ccccc2n1C(F)F)c1ccc(N2C(=O)CCC2=O)cc1. The summed E-state index contributed by atoms with van der Waals surface area (Å²) in [5.74, 6) is -1.39. The normalized spacial score (nSPS) is 14.2. The molecule has 0 aliphatic carbocycles. The van der Waals surface area contributed by atoms with Crippen LogP contribution in [-0.4, -0.2) is 27.3 Å². The van der Waals surface area contributed by atoms with Crippen LogP contribution in [0.4, 0.5) is 14.5 Å². The van der Waals surface area contributed by atoms with Crippen LogP contribution >= 0.6 is 0 Å². The lowest BCUT2D eigenvalue weighted by molar-refractivity contribution is -0.121. The van der Waals surface area contributed by atoms with Gasteiger partial charge in [0.15, 0.2) is 5.82 Å². The van der Waals surface area contributed by atoms with E-state index in [1.165, 1.54) is 30.3 Å². The number of rotatable bonds is 5. The van der Waals surface area contributed by atoms with Gasteiger partial charge in [-0.2, -0.15) is 8.78 Å². The maximum Gasteiger partial charge on any atom is 0.338 e. The molecule has 0 N–H and O–H groups in total. The van der Waals surface area contributed by atoms with E-state index in [4.69, 9.17) is 4.74 Å². The number of aromatic nitrogens is 2. The minimum absolute atomic E-state index is 0.0700. The van der Waals surface area contributed by atoms with Crippen molar-refractivity contribution in [2.24, 2.45) is 0 Å². The zero-order chi connectivity index (χ0) is 20.5. The van der Waals surface area contributed by atoms with Crippen LogP contribution in [0.2, 0.25) is 0 Å². The average molecular weight is 399 g/mol. The van der Waals surface area contributed by atoms with Crippen molar-refractivity contribution in [3.8, 4) is 0 Å². The molecule has 148 valence electrons. The van der Waals surface area contributed by atoms with E-state index in [0.29, 0.717) is 11.2 Å². The Morgan fingerprint density at radius 3 is 2.34 bits per heavy atom. The molecule has 0 spiro atoms. The van der Waals surface area contributed by atoms with Gasteiger partial charge in [0.25, 0.3) is 0 Å². The zero-order valence-corrected chi connectivity index (χ0v) is 15.0. The highest BCUT2D eigenvalue weighted by Gasteiger charge is 2.30. The van der Waals surface area contributed by atoms with Crippen molar-refractivity contribution in [2.45, 2.75) is 26.0 Å². The Labute approximate surface area is 163 Å². The fraction of sp³-hybridized carbons (Fsp3) is 0.200. The Morgan fingerprint density at radius 2 is 1.69 bits per heavy atom. The molecule has 1 fully saturated rings. The number of fused-ring (bicyclic) bond motifs is 1. The third-order valence-electron chi connectivity index (χ3n) is 4.61. The first-order chi connectivity index (χ1) is 14.0. The summed E-state index contributed by atoms with van der Waals surface area (Å²) in [6.07, 6.45) is 0.321. The molecule has 2 amide bonds. The lowest BCUT2D eigenvalue weighted by Crippen LogP contribution is -2.28. The lowest BCUT2D eigenvalue weighted by atomic mass is 10.2. The first kappa shape index (κ1) is 18.7. The predicted octanol–water partition coefficient (Wildman–Crippen LogP) is 3.44. The Bertz CT molecular complexity index is 1090. The number of benzene rings is 2. The lowest BCUT2D eigenvalue weighted by Gasteiger charge is -2.14. The fourth-order valence-corrected chi connectivity index (χ4v) is 3.24. The number of ether oxygens (including phenoxy) is 1. The number of alkyl halides is 2. The molecule has 0 bridgehead atoms. The van der Waals surface area contributed by atoms with E-state index in [1.54, 1.807) is 18.2 Å². The second-order valence-electron chi connectivity index (χ2n) is 6.41. The molecule has 0 unspecified atom stereocenters. The summed E-state index contributed by atoms with van der Waals surface area (Å²) in [6, 6.07) is 12.2. The molecule has 0 radical (unpaired) electrons. The highest BCUT2D eigenvalue weighted by molar-refractivity contribution is 6.19. The molecule has 0 atom stereocenters. The quantitative estimate of drug-likeness (QED) is 0.485. The van der Waals surface area contributed by atoms with Crippen molar-refractivity contribution in [3.63, 3.8) is 0 Å². The van der Waals surface area contributed by atoms with E-state index in [2.05, 4.69) is 4.98 Å². The zero-order valence-electron chi connectivity index (χ0n) is 15.0.